The first-order valence-corrected chi connectivity index (χ1v) is 8.82. The number of carbonyl (C=O) groups is 1. The molecule has 27 heavy (non-hydrogen) atoms. The molecule has 0 saturated carbocycles. The zero-order valence-corrected chi connectivity index (χ0v) is 15.8. The van der Waals surface area contributed by atoms with Gasteiger partial charge in [0.05, 0.1) is 13.2 Å². The Hall–Kier alpha value is -2.91. The highest BCUT2D eigenvalue weighted by molar-refractivity contribution is 6.30. The van der Waals surface area contributed by atoms with E-state index in [0.29, 0.717) is 42.7 Å². The molecule has 7 heteroatoms. The van der Waals surface area contributed by atoms with E-state index in [1.54, 1.807) is 31.4 Å². The van der Waals surface area contributed by atoms with E-state index in [1.165, 1.54) is 0 Å². The number of hydrogen-bond acceptors (Lipinski definition) is 5. The van der Waals surface area contributed by atoms with Crippen LogP contribution in [0.4, 0.5) is 0 Å². The van der Waals surface area contributed by atoms with Gasteiger partial charge in [-0.05, 0) is 48.4 Å². The molecule has 0 saturated heterocycles. The Labute approximate surface area is 163 Å². The standard InChI is InChI=1S/C20H21ClN2O4/c1-25-19-14-15(9-11-23-20(24)8-10-22)2-7-18(19)27-13-12-26-17-5-3-16(21)4-6-17/h2-7,14H,8-9,11-13H2,1H3,(H,23,24). The van der Waals surface area contributed by atoms with Gasteiger partial charge in [-0.3, -0.25) is 4.79 Å². The second kappa shape index (κ2) is 10.9. The van der Waals surface area contributed by atoms with Crippen molar-refractivity contribution < 1.29 is 19.0 Å². The van der Waals surface area contributed by atoms with Gasteiger partial charge in [0.2, 0.25) is 5.91 Å². The lowest BCUT2D eigenvalue weighted by Gasteiger charge is -2.13. The SMILES string of the molecule is COc1cc(CCNC(=O)CC#N)ccc1OCCOc1ccc(Cl)cc1. The number of halogens is 1. The van der Waals surface area contributed by atoms with Crippen LogP contribution in [0.5, 0.6) is 17.2 Å². The van der Waals surface area contributed by atoms with Crippen molar-refractivity contribution in [2.45, 2.75) is 12.8 Å². The molecule has 2 rings (SSSR count). The Morgan fingerprint density at radius 3 is 2.56 bits per heavy atom. The topological polar surface area (TPSA) is 80.6 Å². The number of carbonyl (C=O) groups excluding carboxylic acids is 1. The van der Waals surface area contributed by atoms with E-state index in [0.717, 1.165) is 11.3 Å². The summed E-state index contributed by atoms with van der Waals surface area (Å²) in [7, 11) is 1.57. The molecular weight excluding hydrogens is 368 g/mol. The van der Waals surface area contributed by atoms with Gasteiger partial charge in [0.15, 0.2) is 11.5 Å². The number of methoxy groups -OCH3 is 1. The van der Waals surface area contributed by atoms with Crippen LogP contribution in [-0.4, -0.2) is 32.8 Å². The first-order chi connectivity index (χ1) is 13.1. The lowest BCUT2D eigenvalue weighted by Crippen LogP contribution is -2.24. The largest absolute Gasteiger partial charge is 0.493 e. The van der Waals surface area contributed by atoms with Crippen LogP contribution in [0, 0.1) is 11.3 Å². The number of nitriles is 1. The fourth-order valence-electron chi connectivity index (χ4n) is 2.31. The Kier molecular flexibility index (Phi) is 8.27. The number of hydrogen-bond donors (Lipinski definition) is 1. The highest BCUT2D eigenvalue weighted by Crippen LogP contribution is 2.28. The summed E-state index contributed by atoms with van der Waals surface area (Å²) < 4.78 is 16.7. The number of amides is 1. The number of ether oxygens (including phenoxy) is 3. The van der Waals surface area contributed by atoms with Crippen LogP contribution in [-0.2, 0) is 11.2 Å². The highest BCUT2D eigenvalue weighted by atomic mass is 35.5. The Morgan fingerprint density at radius 2 is 1.85 bits per heavy atom. The van der Waals surface area contributed by atoms with Crippen molar-refractivity contribution in [2.75, 3.05) is 26.9 Å². The van der Waals surface area contributed by atoms with E-state index in [9.17, 15) is 4.79 Å². The highest BCUT2D eigenvalue weighted by Gasteiger charge is 2.07. The average molecular weight is 389 g/mol. The zero-order valence-electron chi connectivity index (χ0n) is 15.0. The molecule has 0 spiro atoms. The summed E-state index contributed by atoms with van der Waals surface area (Å²) in [6.07, 6.45) is 0.502. The van der Waals surface area contributed by atoms with Gasteiger partial charge >= 0.3 is 0 Å². The third-order valence-electron chi connectivity index (χ3n) is 3.63. The molecule has 0 radical (unpaired) electrons. The lowest BCUT2D eigenvalue weighted by atomic mass is 10.1. The summed E-state index contributed by atoms with van der Waals surface area (Å²) in [4.78, 5) is 11.3. The first kappa shape index (κ1) is 20.4. The molecule has 6 nitrogen and oxygen atoms in total. The maximum atomic E-state index is 11.3. The summed E-state index contributed by atoms with van der Waals surface area (Å²) in [5, 5.41) is 11.8. The molecule has 0 aliphatic heterocycles. The minimum absolute atomic E-state index is 0.131. The van der Waals surface area contributed by atoms with Gasteiger partial charge in [-0.2, -0.15) is 5.26 Å². The fraction of sp³-hybridized carbons (Fsp3) is 0.300. The molecule has 142 valence electrons. The van der Waals surface area contributed by atoms with E-state index >= 15 is 0 Å². The van der Waals surface area contributed by atoms with E-state index in [2.05, 4.69) is 5.32 Å². The summed E-state index contributed by atoms with van der Waals surface area (Å²) in [6.45, 7) is 1.21. The quantitative estimate of drug-likeness (QED) is 0.631. The maximum absolute atomic E-state index is 11.3. The third-order valence-corrected chi connectivity index (χ3v) is 3.88. The van der Waals surface area contributed by atoms with Gasteiger partial charge in [0.25, 0.3) is 0 Å². The van der Waals surface area contributed by atoms with Crippen molar-refractivity contribution in [2.24, 2.45) is 0 Å². The fourth-order valence-corrected chi connectivity index (χ4v) is 2.44. The number of nitrogens with zero attached hydrogens (tertiary/aromatic N) is 1. The molecule has 0 bridgehead atoms. The second-order valence-electron chi connectivity index (χ2n) is 5.57. The van der Waals surface area contributed by atoms with Crippen LogP contribution < -0.4 is 19.5 Å². The Bertz CT molecular complexity index is 788. The normalized spacial score (nSPS) is 9.96. The molecule has 0 fully saturated rings. The maximum Gasteiger partial charge on any atom is 0.234 e. The van der Waals surface area contributed by atoms with E-state index in [1.807, 2.05) is 24.3 Å². The number of benzene rings is 2. The number of nitrogens with one attached hydrogen (secondary N) is 1. The molecule has 0 atom stereocenters. The minimum Gasteiger partial charge on any atom is -0.493 e. The van der Waals surface area contributed by atoms with Gasteiger partial charge in [0, 0.05) is 11.6 Å². The van der Waals surface area contributed by atoms with Crippen molar-refractivity contribution in [3.8, 4) is 23.3 Å². The van der Waals surface area contributed by atoms with Crippen molar-refractivity contribution in [1.29, 1.82) is 5.26 Å². The molecule has 1 N–H and O–H groups in total. The molecule has 0 heterocycles. The van der Waals surface area contributed by atoms with Gasteiger partial charge in [0.1, 0.15) is 25.4 Å². The van der Waals surface area contributed by atoms with Crippen LogP contribution in [0.15, 0.2) is 42.5 Å². The summed E-state index contributed by atoms with van der Waals surface area (Å²) >= 11 is 5.83. The van der Waals surface area contributed by atoms with E-state index < -0.39 is 0 Å². The predicted octanol–water partition coefficient (Wildman–Crippen LogP) is 3.38. The molecule has 2 aromatic carbocycles. The Balaban J connectivity index is 1.80. The zero-order chi connectivity index (χ0) is 19.5. The molecule has 0 aliphatic carbocycles. The summed E-state index contributed by atoms with van der Waals surface area (Å²) in [5.74, 6) is 1.69. The summed E-state index contributed by atoms with van der Waals surface area (Å²) in [6, 6.07) is 14.5. The van der Waals surface area contributed by atoms with Crippen LogP contribution in [0.1, 0.15) is 12.0 Å². The number of rotatable bonds is 10. The van der Waals surface area contributed by atoms with E-state index in [-0.39, 0.29) is 12.3 Å². The lowest BCUT2D eigenvalue weighted by molar-refractivity contribution is -0.120. The first-order valence-electron chi connectivity index (χ1n) is 8.44. The van der Waals surface area contributed by atoms with Crippen LogP contribution >= 0.6 is 11.6 Å². The van der Waals surface area contributed by atoms with Gasteiger partial charge in [-0.25, -0.2) is 0 Å². The molecule has 0 unspecified atom stereocenters. The van der Waals surface area contributed by atoms with Crippen molar-refractivity contribution in [3.05, 3.63) is 53.1 Å². The van der Waals surface area contributed by atoms with Gasteiger partial charge < -0.3 is 19.5 Å². The monoisotopic (exact) mass is 388 g/mol. The van der Waals surface area contributed by atoms with Gasteiger partial charge in [-0.1, -0.05) is 17.7 Å². The van der Waals surface area contributed by atoms with Crippen molar-refractivity contribution in [3.63, 3.8) is 0 Å². The molecule has 1 amide bonds. The minimum atomic E-state index is -0.273. The van der Waals surface area contributed by atoms with E-state index in [4.69, 9.17) is 31.1 Å². The molecule has 0 aliphatic rings. The smallest absolute Gasteiger partial charge is 0.234 e. The predicted molar refractivity (Wildman–Crippen MR) is 102 cm³/mol. The van der Waals surface area contributed by atoms with Crippen LogP contribution in [0.25, 0.3) is 0 Å². The van der Waals surface area contributed by atoms with Crippen LogP contribution in [0.3, 0.4) is 0 Å². The summed E-state index contributed by atoms with van der Waals surface area (Å²) in [5.41, 5.74) is 0.994. The molecule has 0 aromatic heterocycles. The van der Waals surface area contributed by atoms with Crippen molar-refractivity contribution >= 4 is 17.5 Å². The third kappa shape index (κ3) is 7.08. The van der Waals surface area contributed by atoms with Crippen LogP contribution in [0.2, 0.25) is 5.02 Å². The molecule has 2 aromatic rings. The Morgan fingerprint density at radius 1 is 1.11 bits per heavy atom. The second-order valence-corrected chi connectivity index (χ2v) is 6.01. The average Bonchev–Trinajstić information content (AvgIpc) is 2.67. The molecular formula is C20H21ClN2O4. The van der Waals surface area contributed by atoms with Gasteiger partial charge in [-0.15, -0.1) is 0 Å². The van der Waals surface area contributed by atoms with Crippen molar-refractivity contribution in [1.82, 2.24) is 5.32 Å².